The van der Waals surface area contributed by atoms with Crippen molar-refractivity contribution in [3.05, 3.63) is 112 Å². The van der Waals surface area contributed by atoms with E-state index in [1.165, 1.54) is 11.8 Å². The summed E-state index contributed by atoms with van der Waals surface area (Å²) < 4.78 is 35.7. The number of nitrogens with zero attached hydrogens (tertiary/aromatic N) is 3. The number of aryl methyl sites for hydroxylation is 1. The number of pyridine rings is 1. The van der Waals surface area contributed by atoms with Gasteiger partial charge in [-0.25, -0.2) is 22.5 Å². The first-order chi connectivity index (χ1) is 21.2. The van der Waals surface area contributed by atoms with Gasteiger partial charge in [0, 0.05) is 27.7 Å². The van der Waals surface area contributed by atoms with Crippen LogP contribution >= 0.6 is 15.9 Å². The van der Waals surface area contributed by atoms with Gasteiger partial charge in [-0.05, 0) is 95.6 Å². The van der Waals surface area contributed by atoms with Crippen molar-refractivity contribution in [1.82, 2.24) is 9.55 Å². The van der Waals surface area contributed by atoms with Gasteiger partial charge in [0.15, 0.2) is 5.69 Å². The molecule has 44 heavy (non-hydrogen) atoms. The van der Waals surface area contributed by atoms with E-state index in [9.17, 15) is 18.0 Å². The number of para-hydroxylation sites is 1. The highest BCUT2D eigenvalue weighted by Crippen LogP contribution is 2.43. The highest BCUT2D eigenvalue weighted by molar-refractivity contribution is 9.10. The van der Waals surface area contributed by atoms with Gasteiger partial charge >= 0.3 is 5.97 Å². The highest BCUT2D eigenvalue weighted by Gasteiger charge is 2.30. The van der Waals surface area contributed by atoms with Crippen molar-refractivity contribution in [3.8, 4) is 11.1 Å². The number of hydrogen-bond donors (Lipinski definition) is 0. The van der Waals surface area contributed by atoms with Crippen LogP contribution in [0.25, 0.3) is 22.2 Å². The summed E-state index contributed by atoms with van der Waals surface area (Å²) in [4.78, 5) is 29.5. The highest BCUT2D eigenvalue weighted by atomic mass is 79.9. The van der Waals surface area contributed by atoms with E-state index in [1.54, 1.807) is 49.4 Å². The van der Waals surface area contributed by atoms with Gasteiger partial charge < -0.3 is 9.30 Å². The molecule has 2 heterocycles. The average molecular weight is 673 g/mol. The molecule has 0 unspecified atom stereocenters. The summed E-state index contributed by atoms with van der Waals surface area (Å²) in [5, 5.41) is 1.02. The number of carbonyl (C=O) groups excluding carboxylic acids is 2. The number of rotatable bonds is 10. The maximum Gasteiger partial charge on any atom is 0.357 e. The number of halogens is 1. The average Bonchev–Trinajstić information content (AvgIpc) is 3.80. The van der Waals surface area contributed by atoms with Crippen molar-refractivity contribution in [2.24, 2.45) is 0 Å². The Bertz CT molecular complexity index is 2000. The standard InChI is InChI=1S/C34H30BrN3O5S/c1-3-43-34(40)29-18-22(2)27-19-31(25-16-17-25)37(33(27)36-29)20-23-12-14-24(15-13-23)26-8-4-6-10-30(26)38(21-39)44(41,42)32-11-7-5-9-28(32)35/h4-15,18-19,21,25H,3,16-17,20H2,1-2H3. The van der Waals surface area contributed by atoms with E-state index < -0.39 is 16.0 Å². The third-order valence-corrected chi connectivity index (χ3v) is 10.5. The first kappa shape index (κ1) is 29.8. The van der Waals surface area contributed by atoms with Gasteiger partial charge in [-0.3, -0.25) is 4.79 Å². The molecule has 1 saturated carbocycles. The Labute approximate surface area is 264 Å². The summed E-state index contributed by atoms with van der Waals surface area (Å²) in [7, 11) is -4.18. The van der Waals surface area contributed by atoms with Crippen molar-refractivity contribution >= 4 is 55.1 Å². The van der Waals surface area contributed by atoms with E-state index in [0.717, 1.165) is 44.9 Å². The molecule has 2 aromatic heterocycles. The SMILES string of the molecule is CCOC(=O)c1cc(C)c2cc(C3CC3)n(Cc3ccc(-c4ccccc4N(C=O)S(=O)(=O)c4ccccc4Br)cc3)c2n1. The normalized spacial score (nSPS) is 13.2. The first-order valence-electron chi connectivity index (χ1n) is 14.3. The van der Waals surface area contributed by atoms with Crippen LogP contribution in [0.5, 0.6) is 0 Å². The molecule has 0 radical (unpaired) electrons. The number of aromatic nitrogens is 2. The van der Waals surface area contributed by atoms with Crippen LogP contribution in [-0.4, -0.2) is 37.0 Å². The third kappa shape index (κ3) is 5.55. The molecule has 0 spiro atoms. The molecule has 1 aliphatic carbocycles. The topological polar surface area (TPSA) is 98.6 Å². The number of carbonyl (C=O) groups is 2. The van der Waals surface area contributed by atoms with Crippen LogP contribution in [0.2, 0.25) is 0 Å². The third-order valence-electron chi connectivity index (χ3n) is 7.80. The summed E-state index contributed by atoms with van der Waals surface area (Å²) in [6.07, 6.45) is 2.56. The number of amides is 1. The molecular formula is C34H30BrN3O5S. The van der Waals surface area contributed by atoms with Crippen LogP contribution in [0.15, 0.2) is 94.3 Å². The van der Waals surface area contributed by atoms with Crippen molar-refractivity contribution in [3.63, 3.8) is 0 Å². The number of hydrogen-bond acceptors (Lipinski definition) is 6. The molecule has 6 rings (SSSR count). The van der Waals surface area contributed by atoms with Crippen molar-refractivity contribution in [1.29, 1.82) is 0 Å². The number of benzene rings is 3. The molecule has 5 aromatic rings. The predicted molar refractivity (Wildman–Crippen MR) is 173 cm³/mol. The monoisotopic (exact) mass is 671 g/mol. The maximum atomic E-state index is 13.6. The van der Waals surface area contributed by atoms with E-state index in [1.807, 2.05) is 37.3 Å². The Morgan fingerprint density at radius 2 is 1.75 bits per heavy atom. The predicted octanol–water partition coefficient (Wildman–Crippen LogP) is 7.23. The Morgan fingerprint density at radius 1 is 1.05 bits per heavy atom. The molecule has 0 saturated heterocycles. The summed E-state index contributed by atoms with van der Waals surface area (Å²) >= 11 is 3.30. The van der Waals surface area contributed by atoms with E-state index in [2.05, 4.69) is 26.6 Å². The molecular weight excluding hydrogens is 642 g/mol. The molecule has 1 fully saturated rings. The second-order valence-electron chi connectivity index (χ2n) is 10.8. The first-order valence-corrected chi connectivity index (χ1v) is 16.6. The lowest BCUT2D eigenvalue weighted by atomic mass is 10.0. The fraction of sp³-hybridized carbons (Fsp3) is 0.206. The molecule has 3 aromatic carbocycles. The molecule has 0 atom stereocenters. The quantitative estimate of drug-likeness (QED) is 0.115. The summed E-state index contributed by atoms with van der Waals surface area (Å²) in [5.41, 5.74) is 5.85. The number of anilines is 1. The Kier molecular flexibility index (Phi) is 8.13. The van der Waals surface area contributed by atoms with Gasteiger partial charge in [0.25, 0.3) is 10.0 Å². The molecule has 224 valence electrons. The van der Waals surface area contributed by atoms with Gasteiger partial charge in [0.2, 0.25) is 6.41 Å². The van der Waals surface area contributed by atoms with Crippen LogP contribution in [0.4, 0.5) is 5.69 Å². The lowest BCUT2D eigenvalue weighted by Gasteiger charge is -2.21. The molecule has 0 N–H and O–H groups in total. The minimum absolute atomic E-state index is 0.00220. The van der Waals surface area contributed by atoms with Crippen molar-refractivity contribution in [2.75, 3.05) is 10.9 Å². The fourth-order valence-corrected chi connectivity index (χ4v) is 7.68. The second kappa shape index (κ2) is 12.0. The zero-order valence-electron chi connectivity index (χ0n) is 24.2. The fourth-order valence-electron chi connectivity index (χ4n) is 5.48. The summed E-state index contributed by atoms with van der Waals surface area (Å²) in [6, 6.07) is 25.1. The number of fused-ring (bicyclic) bond motifs is 1. The van der Waals surface area contributed by atoms with Crippen LogP contribution in [-0.2, 0) is 26.1 Å². The minimum atomic E-state index is -4.18. The lowest BCUT2D eigenvalue weighted by Crippen LogP contribution is -2.30. The maximum absolute atomic E-state index is 13.6. The number of ether oxygens (including phenoxy) is 1. The molecule has 10 heteroatoms. The minimum Gasteiger partial charge on any atom is -0.461 e. The summed E-state index contributed by atoms with van der Waals surface area (Å²) in [6.45, 7) is 4.59. The van der Waals surface area contributed by atoms with Gasteiger partial charge in [-0.2, -0.15) is 0 Å². The van der Waals surface area contributed by atoms with E-state index in [0.29, 0.717) is 34.6 Å². The van der Waals surface area contributed by atoms with Gasteiger partial charge in [0.05, 0.1) is 12.3 Å². The Hall–Kier alpha value is -4.28. The van der Waals surface area contributed by atoms with Crippen molar-refractivity contribution < 1.29 is 22.7 Å². The summed E-state index contributed by atoms with van der Waals surface area (Å²) in [5.74, 6) is 0.0222. The van der Waals surface area contributed by atoms with E-state index >= 15 is 0 Å². The Balaban J connectivity index is 1.35. The van der Waals surface area contributed by atoms with Crippen LogP contribution in [0.3, 0.4) is 0 Å². The molecule has 0 aliphatic heterocycles. The van der Waals surface area contributed by atoms with Crippen LogP contribution in [0, 0.1) is 6.92 Å². The molecule has 1 amide bonds. The second-order valence-corrected chi connectivity index (χ2v) is 13.4. The zero-order valence-corrected chi connectivity index (χ0v) is 26.6. The Morgan fingerprint density at radius 3 is 2.43 bits per heavy atom. The molecule has 0 bridgehead atoms. The van der Waals surface area contributed by atoms with Crippen LogP contribution < -0.4 is 4.31 Å². The molecule has 1 aliphatic rings. The van der Waals surface area contributed by atoms with Crippen LogP contribution in [0.1, 0.15) is 53.0 Å². The lowest BCUT2D eigenvalue weighted by molar-refractivity contribution is -0.106. The van der Waals surface area contributed by atoms with E-state index in [-0.39, 0.29) is 17.2 Å². The van der Waals surface area contributed by atoms with Crippen molar-refractivity contribution in [2.45, 2.75) is 44.0 Å². The molecule has 8 nitrogen and oxygen atoms in total. The van der Waals surface area contributed by atoms with Gasteiger partial charge in [-0.1, -0.05) is 54.6 Å². The van der Waals surface area contributed by atoms with E-state index in [4.69, 9.17) is 9.72 Å². The van der Waals surface area contributed by atoms with Gasteiger partial charge in [-0.15, -0.1) is 0 Å². The number of sulfonamides is 1. The smallest absolute Gasteiger partial charge is 0.357 e. The van der Waals surface area contributed by atoms with Gasteiger partial charge in [0.1, 0.15) is 10.5 Å². The number of esters is 1. The zero-order chi connectivity index (χ0) is 31.0. The largest absolute Gasteiger partial charge is 0.461 e.